The van der Waals surface area contributed by atoms with Gasteiger partial charge < -0.3 is 10.6 Å². The zero-order chi connectivity index (χ0) is 14.6. The zero-order valence-electron chi connectivity index (χ0n) is 12.7. The fraction of sp³-hybridized carbons (Fsp3) is 0.733. The molecule has 1 aliphatic heterocycles. The lowest BCUT2D eigenvalue weighted by Gasteiger charge is -2.36. The van der Waals surface area contributed by atoms with Gasteiger partial charge in [0.15, 0.2) is 0 Å². The molecule has 0 spiro atoms. The van der Waals surface area contributed by atoms with Crippen LogP contribution in [0.5, 0.6) is 0 Å². The molecule has 1 aromatic heterocycles. The topological polar surface area (TPSA) is 54.0 Å². The van der Waals surface area contributed by atoms with Gasteiger partial charge in [-0.15, -0.1) is 11.3 Å². The molecule has 0 bridgehead atoms. The molecule has 1 unspecified atom stereocenters. The van der Waals surface area contributed by atoms with E-state index in [-0.39, 0.29) is 11.3 Å². The van der Waals surface area contributed by atoms with Crippen molar-refractivity contribution in [3.8, 4) is 0 Å². The van der Waals surface area contributed by atoms with Gasteiger partial charge >= 0.3 is 0 Å². The van der Waals surface area contributed by atoms with Crippen molar-refractivity contribution < 1.29 is 4.79 Å². The largest absolute Gasteiger partial charge is 0.355 e. The van der Waals surface area contributed by atoms with E-state index in [9.17, 15) is 4.79 Å². The quantitative estimate of drug-likeness (QED) is 0.875. The smallest absolute Gasteiger partial charge is 0.225 e. The third-order valence-electron chi connectivity index (χ3n) is 4.24. The lowest BCUT2D eigenvalue weighted by atomic mass is 9.74. The minimum absolute atomic E-state index is 0.165. The predicted molar refractivity (Wildman–Crippen MR) is 82.9 cm³/mol. The first kappa shape index (κ1) is 15.4. The summed E-state index contributed by atoms with van der Waals surface area (Å²) in [7, 11) is 0. The van der Waals surface area contributed by atoms with Gasteiger partial charge in [0, 0.05) is 23.8 Å². The minimum Gasteiger partial charge on any atom is -0.355 e. The molecule has 4 nitrogen and oxygen atoms in total. The lowest BCUT2D eigenvalue weighted by molar-refractivity contribution is -0.132. The average molecular weight is 295 g/mol. The molecule has 1 aromatic rings. The van der Waals surface area contributed by atoms with Crippen molar-refractivity contribution in [2.75, 3.05) is 19.6 Å². The molecule has 5 heteroatoms. The Kier molecular flexibility index (Phi) is 5.16. The van der Waals surface area contributed by atoms with Crippen LogP contribution in [0.4, 0.5) is 0 Å². The highest BCUT2D eigenvalue weighted by Gasteiger charge is 2.36. The Hall–Kier alpha value is -0.940. The van der Waals surface area contributed by atoms with Crippen molar-refractivity contribution >= 4 is 17.2 Å². The summed E-state index contributed by atoms with van der Waals surface area (Å²) in [6.07, 6.45) is 3.12. The van der Waals surface area contributed by atoms with Gasteiger partial charge in [-0.3, -0.25) is 4.79 Å². The molecule has 0 radical (unpaired) electrons. The number of aromatic nitrogens is 1. The molecule has 1 saturated heterocycles. The molecule has 1 fully saturated rings. The molecule has 1 amide bonds. The van der Waals surface area contributed by atoms with Crippen LogP contribution in [0.1, 0.15) is 37.4 Å². The van der Waals surface area contributed by atoms with Crippen molar-refractivity contribution in [2.45, 2.75) is 40.0 Å². The number of aryl methyl sites for hydroxylation is 1. The molecule has 2 heterocycles. The third kappa shape index (κ3) is 3.79. The van der Waals surface area contributed by atoms with Crippen LogP contribution in [0.2, 0.25) is 0 Å². The SMILES string of the molecule is Cc1nc(CCNC(=O)C(C)(C)C2CCCNC2)cs1. The molecule has 20 heavy (non-hydrogen) atoms. The molecule has 112 valence electrons. The molecule has 0 saturated carbocycles. The Labute approximate surface area is 125 Å². The van der Waals surface area contributed by atoms with Gasteiger partial charge in [-0.1, -0.05) is 13.8 Å². The van der Waals surface area contributed by atoms with E-state index in [0.717, 1.165) is 36.6 Å². The van der Waals surface area contributed by atoms with E-state index in [1.165, 1.54) is 6.42 Å². The molecule has 0 aliphatic carbocycles. The van der Waals surface area contributed by atoms with Gasteiger partial charge in [0.2, 0.25) is 5.91 Å². The second-order valence-electron chi connectivity index (χ2n) is 6.13. The number of piperidine rings is 1. The van der Waals surface area contributed by atoms with Crippen LogP contribution in [0.15, 0.2) is 5.38 Å². The number of rotatable bonds is 5. The van der Waals surface area contributed by atoms with Crippen LogP contribution >= 0.6 is 11.3 Å². The number of hydrogen-bond donors (Lipinski definition) is 2. The number of nitrogens with zero attached hydrogens (tertiary/aromatic N) is 1. The van der Waals surface area contributed by atoms with Crippen LogP contribution < -0.4 is 10.6 Å². The summed E-state index contributed by atoms with van der Waals surface area (Å²) in [6, 6.07) is 0. The second kappa shape index (κ2) is 6.68. The van der Waals surface area contributed by atoms with Gasteiger partial charge in [0.1, 0.15) is 0 Å². The molecule has 1 atom stereocenters. The Bertz CT molecular complexity index is 450. The number of nitrogens with one attached hydrogen (secondary N) is 2. The van der Waals surface area contributed by atoms with Gasteiger partial charge in [-0.05, 0) is 38.8 Å². The van der Waals surface area contributed by atoms with Crippen molar-refractivity contribution in [3.05, 3.63) is 16.1 Å². The zero-order valence-corrected chi connectivity index (χ0v) is 13.5. The van der Waals surface area contributed by atoms with E-state index in [1.54, 1.807) is 11.3 Å². The van der Waals surface area contributed by atoms with E-state index in [2.05, 4.69) is 34.8 Å². The number of hydrogen-bond acceptors (Lipinski definition) is 4. The summed E-state index contributed by atoms with van der Waals surface area (Å²) >= 11 is 1.66. The molecular formula is C15H25N3OS. The maximum absolute atomic E-state index is 12.4. The molecule has 1 aliphatic rings. The van der Waals surface area contributed by atoms with E-state index in [0.29, 0.717) is 12.5 Å². The van der Waals surface area contributed by atoms with Crippen molar-refractivity contribution in [1.29, 1.82) is 0 Å². The Morgan fingerprint density at radius 2 is 2.40 bits per heavy atom. The van der Waals surface area contributed by atoms with E-state index >= 15 is 0 Å². The Morgan fingerprint density at radius 1 is 1.60 bits per heavy atom. The summed E-state index contributed by atoms with van der Waals surface area (Å²) < 4.78 is 0. The highest BCUT2D eigenvalue weighted by atomic mass is 32.1. The van der Waals surface area contributed by atoms with Gasteiger partial charge in [0.25, 0.3) is 0 Å². The number of carbonyl (C=O) groups is 1. The summed E-state index contributed by atoms with van der Waals surface area (Å²) in [6.45, 7) is 8.83. The van der Waals surface area contributed by atoms with Gasteiger partial charge in [0.05, 0.1) is 10.7 Å². The highest BCUT2D eigenvalue weighted by Crippen LogP contribution is 2.31. The van der Waals surface area contributed by atoms with Crippen LogP contribution in [0.3, 0.4) is 0 Å². The second-order valence-corrected chi connectivity index (χ2v) is 7.19. The normalized spacial score (nSPS) is 19.9. The van der Waals surface area contributed by atoms with Crippen LogP contribution in [0.25, 0.3) is 0 Å². The Balaban J connectivity index is 1.80. The molecular weight excluding hydrogens is 270 g/mol. The standard InChI is InChI=1S/C15H25N3OS/c1-11-18-13(10-20-11)6-8-17-14(19)15(2,3)12-5-4-7-16-9-12/h10,12,16H,4-9H2,1-3H3,(H,17,19). The number of thiazole rings is 1. The fourth-order valence-electron chi connectivity index (χ4n) is 2.71. The molecule has 2 rings (SSSR count). The maximum Gasteiger partial charge on any atom is 0.225 e. The van der Waals surface area contributed by atoms with E-state index in [1.807, 2.05) is 6.92 Å². The predicted octanol–water partition coefficient (Wildman–Crippen LogP) is 2.14. The minimum atomic E-state index is -0.300. The Morgan fingerprint density at radius 3 is 3.00 bits per heavy atom. The third-order valence-corrected chi connectivity index (χ3v) is 5.06. The van der Waals surface area contributed by atoms with Crippen LogP contribution in [0, 0.1) is 18.3 Å². The van der Waals surface area contributed by atoms with Crippen LogP contribution in [-0.4, -0.2) is 30.5 Å². The number of amides is 1. The van der Waals surface area contributed by atoms with E-state index in [4.69, 9.17) is 0 Å². The van der Waals surface area contributed by atoms with E-state index < -0.39 is 0 Å². The molecule has 0 aromatic carbocycles. The highest BCUT2D eigenvalue weighted by molar-refractivity contribution is 7.09. The fourth-order valence-corrected chi connectivity index (χ4v) is 3.36. The van der Waals surface area contributed by atoms with Crippen molar-refractivity contribution in [3.63, 3.8) is 0 Å². The maximum atomic E-state index is 12.4. The lowest BCUT2D eigenvalue weighted by Crippen LogP contribution is -2.47. The first-order valence-corrected chi connectivity index (χ1v) is 8.28. The van der Waals surface area contributed by atoms with Gasteiger partial charge in [-0.25, -0.2) is 4.98 Å². The van der Waals surface area contributed by atoms with Gasteiger partial charge in [-0.2, -0.15) is 0 Å². The summed E-state index contributed by atoms with van der Waals surface area (Å²) in [4.78, 5) is 16.8. The first-order valence-electron chi connectivity index (χ1n) is 7.40. The van der Waals surface area contributed by atoms with Crippen molar-refractivity contribution in [2.24, 2.45) is 11.3 Å². The monoisotopic (exact) mass is 295 g/mol. The van der Waals surface area contributed by atoms with Crippen molar-refractivity contribution in [1.82, 2.24) is 15.6 Å². The number of carbonyl (C=O) groups excluding carboxylic acids is 1. The summed E-state index contributed by atoms with van der Waals surface area (Å²) in [5.41, 5.74) is 0.774. The molecule has 2 N–H and O–H groups in total. The summed E-state index contributed by atoms with van der Waals surface area (Å²) in [5, 5.41) is 9.62. The average Bonchev–Trinajstić information content (AvgIpc) is 2.85. The first-order chi connectivity index (χ1) is 9.50. The summed E-state index contributed by atoms with van der Waals surface area (Å²) in [5.74, 6) is 0.593. The van der Waals surface area contributed by atoms with Crippen LogP contribution in [-0.2, 0) is 11.2 Å².